The Labute approximate surface area is 146 Å². The van der Waals surface area contributed by atoms with Crippen molar-refractivity contribution < 1.29 is 14.3 Å². The summed E-state index contributed by atoms with van der Waals surface area (Å²) in [6.45, 7) is 4.97. The molecule has 0 bridgehead atoms. The first-order valence-corrected chi connectivity index (χ1v) is 8.74. The van der Waals surface area contributed by atoms with Crippen LogP contribution in [0.2, 0.25) is 0 Å². The molecule has 0 spiro atoms. The van der Waals surface area contributed by atoms with Crippen molar-refractivity contribution in [2.45, 2.75) is 25.9 Å². The van der Waals surface area contributed by atoms with E-state index in [-0.39, 0.29) is 11.3 Å². The van der Waals surface area contributed by atoms with Crippen LogP contribution in [0.1, 0.15) is 19.8 Å². The summed E-state index contributed by atoms with van der Waals surface area (Å²) in [5.41, 5.74) is 0.0190. The molecular weight excluding hydrogens is 360 g/mol. The quantitative estimate of drug-likeness (QED) is 0.757. The number of rotatable bonds is 7. The van der Waals surface area contributed by atoms with Crippen LogP contribution in [-0.2, 0) is 9.53 Å². The first-order valence-electron chi connectivity index (χ1n) is 7.94. The van der Waals surface area contributed by atoms with Crippen LogP contribution in [0.4, 0.5) is 0 Å². The molecule has 2 rings (SSSR count). The molecule has 1 aliphatic rings. The SMILES string of the molecule is COCC1(CNC(=O)C(C)Oc2cccc(Br)c2)CCNCC1. The summed E-state index contributed by atoms with van der Waals surface area (Å²) in [7, 11) is 1.71. The maximum Gasteiger partial charge on any atom is 0.260 e. The monoisotopic (exact) mass is 384 g/mol. The van der Waals surface area contributed by atoms with Crippen molar-refractivity contribution in [2.24, 2.45) is 5.41 Å². The van der Waals surface area contributed by atoms with Gasteiger partial charge < -0.3 is 20.1 Å². The van der Waals surface area contributed by atoms with Crippen molar-refractivity contribution in [2.75, 3.05) is 33.4 Å². The Morgan fingerprint density at radius 2 is 2.17 bits per heavy atom. The Morgan fingerprint density at radius 1 is 1.43 bits per heavy atom. The van der Waals surface area contributed by atoms with E-state index in [1.807, 2.05) is 24.3 Å². The predicted octanol–water partition coefficient (Wildman–Crippen LogP) is 2.35. The van der Waals surface area contributed by atoms with E-state index in [0.29, 0.717) is 18.9 Å². The lowest BCUT2D eigenvalue weighted by Crippen LogP contribution is -2.49. The highest BCUT2D eigenvalue weighted by Crippen LogP contribution is 2.28. The van der Waals surface area contributed by atoms with Crippen LogP contribution >= 0.6 is 15.9 Å². The van der Waals surface area contributed by atoms with Crippen LogP contribution in [0.5, 0.6) is 5.75 Å². The highest BCUT2D eigenvalue weighted by Gasteiger charge is 2.33. The lowest BCUT2D eigenvalue weighted by atomic mass is 9.79. The second-order valence-electron chi connectivity index (χ2n) is 6.12. The second kappa shape index (κ2) is 8.66. The number of nitrogens with one attached hydrogen (secondary N) is 2. The molecule has 1 amide bonds. The smallest absolute Gasteiger partial charge is 0.260 e. The molecule has 0 aliphatic carbocycles. The van der Waals surface area contributed by atoms with Gasteiger partial charge in [0.15, 0.2) is 6.10 Å². The molecule has 1 aliphatic heterocycles. The molecule has 5 nitrogen and oxygen atoms in total. The lowest BCUT2D eigenvalue weighted by molar-refractivity contribution is -0.128. The molecule has 1 fully saturated rings. The Kier molecular flexibility index (Phi) is 6.87. The molecule has 1 heterocycles. The third-order valence-corrected chi connectivity index (χ3v) is 4.72. The summed E-state index contributed by atoms with van der Waals surface area (Å²) >= 11 is 3.40. The van der Waals surface area contributed by atoms with E-state index in [9.17, 15) is 4.79 Å². The fourth-order valence-corrected chi connectivity index (χ4v) is 3.23. The van der Waals surface area contributed by atoms with Crippen LogP contribution in [0.3, 0.4) is 0 Å². The molecule has 1 aromatic carbocycles. The maximum absolute atomic E-state index is 12.3. The summed E-state index contributed by atoms with van der Waals surface area (Å²) in [6.07, 6.45) is 1.47. The molecular formula is C17H25BrN2O3. The fourth-order valence-electron chi connectivity index (χ4n) is 2.85. The van der Waals surface area contributed by atoms with Gasteiger partial charge in [0, 0.05) is 23.5 Å². The zero-order valence-electron chi connectivity index (χ0n) is 13.7. The van der Waals surface area contributed by atoms with Crippen molar-refractivity contribution >= 4 is 21.8 Å². The van der Waals surface area contributed by atoms with Gasteiger partial charge in [0.2, 0.25) is 0 Å². The highest BCUT2D eigenvalue weighted by molar-refractivity contribution is 9.10. The van der Waals surface area contributed by atoms with E-state index in [4.69, 9.17) is 9.47 Å². The van der Waals surface area contributed by atoms with Crippen LogP contribution < -0.4 is 15.4 Å². The molecule has 1 unspecified atom stereocenters. The first kappa shape index (κ1) is 18.2. The van der Waals surface area contributed by atoms with Gasteiger partial charge >= 0.3 is 0 Å². The number of carbonyl (C=O) groups excluding carboxylic acids is 1. The van der Waals surface area contributed by atoms with E-state index in [0.717, 1.165) is 30.4 Å². The van der Waals surface area contributed by atoms with E-state index in [1.165, 1.54) is 0 Å². The number of hydrogen-bond donors (Lipinski definition) is 2. The van der Waals surface area contributed by atoms with Gasteiger partial charge in [-0.3, -0.25) is 4.79 Å². The largest absolute Gasteiger partial charge is 0.481 e. The molecule has 1 aromatic rings. The Morgan fingerprint density at radius 3 is 2.83 bits per heavy atom. The number of hydrogen-bond acceptors (Lipinski definition) is 4. The number of carbonyl (C=O) groups is 1. The van der Waals surface area contributed by atoms with Crippen molar-refractivity contribution in [1.29, 1.82) is 0 Å². The van der Waals surface area contributed by atoms with Gasteiger partial charge in [-0.05, 0) is 51.1 Å². The van der Waals surface area contributed by atoms with Gasteiger partial charge in [0.1, 0.15) is 5.75 Å². The molecule has 1 atom stereocenters. The highest BCUT2D eigenvalue weighted by atomic mass is 79.9. The average molecular weight is 385 g/mol. The molecule has 0 radical (unpaired) electrons. The Hall–Kier alpha value is -1.11. The number of piperidine rings is 1. The van der Waals surface area contributed by atoms with E-state index < -0.39 is 6.10 Å². The molecule has 2 N–H and O–H groups in total. The average Bonchev–Trinajstić information content (AvgIpc) is 2.54. The van der Waals surface area contributed by atoms with Crippen molar-refractivity contribution in [3.63, 3.8) is 0 Å². The van der Waals surface area contributed by atoms with Crippen LogP contribution in [0.15, 0.2) is 28.7 Å². The second-order valence-corrected chi connectivity index (χ2v) is 7.03. The van der Waals surface area contributed by atoms with Gasteiger partial charge in [-0.15, -0.1) is 0 Å². The summed E-state index contributed by atoms with van der Waals surface area (Å²) in [6, 6.07) is 7.49. The van der Waals surface area contributed by atoms with Crippen LogP contribution in [0, 0.1) is 5.41 Å². The molecule has 6 heteroatoms. The number of amides is 1. The Balaban J connectivity index is 1.87. The maximum atomic E-state index is 12.3. The molecule has 0 aromatic heterocycles. The summed E-state index contributed by atoms with van der Waals surface area (Å²) in [5, 5.41) is 6.38. The molecule has 1 saturated heterocycles. The molecule has 0 saturated carbocycles. The minimum atomic E-state index is -0.536. The van der Waals surface area contributed by atoms with Gasteiger partial charge in [-0.25, -0.2) is 0 Å². The third-order valence-electron chi connectivity index (χ3n) is 4.23. The number of methoxy groups -OCH3 is 1. The lowest BCUT2D eigenvalue weighted by Gasteiger charge is -2.37. The van der Waals surface area contributed by atoms with Crippen molar-refractivity contribution in [3.8, 4) is 5.75 Å². The van der Waals surface area contributed by atoms with E-state index in [1.54, 1.807) is 14.0 Å². The third kappa shape index (κ3) is 5.48. The zero-order chi connectivity index (χ0) is 16.7. The van der Waals surface area contributed by atoms with Gasteiger partial charge in [-0.2, -0.15) is 0 Å². The topological polar surface area (TPSA) is 59.6 Å². The zero-order valence-corrected chi connectivity index (χ0v) is 15.3. The number of benzene rings is 1. The Bertz CT molecular complexity index is 513. The standard InChI is InChI=1S/C17H25BrN2O3/c1-13(23-15-5-3-4-14(18)10-15)16(21)20-11-17(12-22-2)6-8-19-9-7-17/h3-5,10,13,19H,6-9,11-12H2,1-2H3,(H,20,21). The van der Waals surface area contributed by atoms with E-state index >= 15 is 0 Å². The van der Waals surface area contributed by atoms with Crippen LogP contribution in [0.25, 0.3) is 0 Å². The van der Waals surface area contributed by atoms with Crippen molar-refractivity contribution in [3.05, 3.63) is 28.7 Å². The molecule has 128 valence electrons. The van der Waals surface area contributed by atoms with Gasteiger partial charge in [-0.1, -0.05) is 22.0 Å². The predicted molar refractivity (Wildman–Crippen MR) is 93.7 cm³/mol. The first-order chi connectivity index (χ1) is 11.0. The van der Waals surface area contributed by atoms with Crippen LogP contribution in [-0.4, -0.2) is 45.4 Å². The van der Waals surface area contributed by atoms with E-state index in [2.05, 4.69) is 26.6 Å². The fraction of sp³-hybridized carbons (Fsp3) is 0.588. The minimum Gasteiger partial charge on any atom is -0.481 e. The normalized spacial score (nSPS) is 18.2. The number of halogens is 1. The van der Waals surface area contributed by atoms with Gasteiger partial charge in [0.05, 0.1) is 6.61 Å². The van der Waals surface area contributed by atoms with Crippen molar-refractivity contribution in [1.82, 2.24) is 10.6 Å². The van der Waals surface area contributed by atoms with Gasteiger partial charge in [0.25, 0.3) is 5.91 Å². The summed E-state index contributed by atoms with van der Waals surface area (Å²) < 4.78 is 12.0. The summed E-state index contributed by atoms with van der Waals surface area (Å²) in [4.78, 5) is 12.3. The summed E-state index contributed by atoms with van der Waals surface area (Å²) in [5.74, 6) is 0.578. The number of ether oxygens (including phenoxy) is 2. The minimum absolute atomic E-state index is 0.0190. The molecule has 23 heavy (non-hydrogen) atoms.